The summed E-state index contributed by atoms with van der Waals surface area (Å²) in [5, 5.41) is 18.4. The Labute approximate surface area is 151 Å². The van der Waals surface area contributed by atoms with Crippen molar-refractivity contribution in [3.8, 4) is 17.2 Å². The highest BCUT2D eigenvalue weighted by molar-refractivity contribution is 5.98. The van der Waals surface area contributed by atoms with Crippen LogP contribution in [0.4, 0.5) is 5.69 Å². The lowest BCUT2D eigenvalue weighted by Gasteiger charge is -2.15. The number of benzene rings is 2. The fourth-order valence-corrected chi connectivity index (χ4v) is 3.58. The van der Waals surface area contributed by atoms with Gasteiger partial charge in [0, 0.05) is 31.7 Å². The summed E-state index contributed by atoms with van der Waals surface area (Å²) in [6.45, 7) is 1.84. The van der Waals surface area contributed by atoms with Crippen molar-refractivity contribution in [2.24, 2.45) is 5.92 Å². The molecule has 1 fully saturated rings. The van der Waals surface area contributed by atoms with Gasteiger partial charge in [0.2, 0.25) is 11.8 Å². The lowest BCUT2D eigenvalue weighted by Crippen LogP contribution is -2.24. The van der Waals surface area contributed by atoms with Gasteiger partial charge >= 0.3 is 0 Å². The summed E-state index contributed by atoms with van der Waals surface area (Å²) in [7, 11) is 0. The molecule has 2 aliphatic rings. The van der Waals surface area contributed by atoms with E-state index in [0.29, 0.717) is 17.8 Å². The van der Waals surface area contributed by atoms with Gasteiger partial charge in [0.25, 0.3) is 0 Å². The molecule has 6 heteroatoms. The maximum Gasteiger partial charge on any atom is 0.229 e. The Morgan fingerprint density at radius 1 is 1.19 bits per heavy atom. The van der Waals surface area contributed by atoms with Crippen LogP contribution in [0.5, 0.6) is 0 Å². The largest absolute Gasteiger partial charge is 0.355 e. The Balaban J connectivity index is 1.71. The minimum Gasteiger partial charge on any atom is -0.355 e. The first-order valence-electron chi connectivity index (χ1n) is 8.59. The zero-order chi connectivity index (χ0) is 18.1. The number of nitrogens with zero attached hydrogens (tertiary/aromatic N) is 1. The highest BCUT2D eigenvalue weighted by Crippen LogP contribution is 2.34. The van der Waals surface area contributed by atoms with Crippen LogP contribution in [0.15, 0.2) is 36.4 Å². The van der Waals surface area contributed by atoms with Crippen LogP contribution in [0.2, 0.25) is 0 Å². The van der Waals surface area contributed by atoms with Crippen LogP contribution in [-0.2, 0) is 22.7 Å². The molecule has 0 saturated carbocycles. The number of carbonyl (C=O) groups excluding carboxylic acids is 2. The van der Waals surface area contributed by atoms with Crippen LogP contribution >= 0.6 is 0 Å². The molecule has 2 amide bonds. The Morgan fingerprint density at radius 2 is 2.04 bits per heavy atom. The third-order valence-electron chi connectivity index (χ3n) is 4.91. The van der Waals surface area contributed by atoms with Crippen molar-refractivity contribution in [1.82, 2.24) is 10.6 Å². The van der Waals surface area contributed by atoms with Crippen molar-refractivity contribution in [2.75, 3.05) is 11.9 Å². The first kappa shape index (κ1) is 16.3. The number of hydrogen-bond acceptors (Lipinski definition) is 4. The normalized spacial score (nSPS) is 18.1. The van der Waals surface area contributed by atoms with E-state index in [-0.39, 0.29) is 24.2 Å². The molecule has 0 spiro atoms. The highest BCUT2D eigenvalue weighted by Gasteiger charge is 2.28. The maximum absolute atomic E-state index is 12.5. The van der Waals surface area contributed by atoms with Crippen molar-refractivity contribution in [2.45, 2.75) is 19.5 Å². The molecular formula is C20H18N4O2. The molecule has 1 saturated heterocycles. The molecule has 0 aliphatic carbocycles. The second-order valence-corrected chi connectivity index (χ2v) is 6.62. The second kappa shape index (κ2) is 6.62. The first-order chi connectivity index (χ1) is 12.7. The number of fused-ring (bicyclic) bond motifs is 1. The number of nitrogens with one attached hydrogen (secondary N) is 3. The van der Waals surface area contributed by atoms with E-state index in [1.807, 2.05) is 30.3 Å². The van der Waals surface area contributed by atoms with E-state index in [4.69, 9.17) is 0 Å². The van der Waals surface area contributed by atoms with Gasteiger partial charge in [-0.2, -0.15) is 5.26 Å². The van der Waals surface area contributed by atoms with E-state index < -0.39 is 0 Å². The first-order valence-corrected chi connectivity index (χ1v) is 8.59. The summed E-state index contributed by atoms with van der Waals surface area (Å²) < 4.78 is 0. The van der Waals surface area contributed by atoms with Gasteiger partial charge in [-0.25, -0.2) is 0 Å². The van der Waals surface area contributed by atoms with E-state index in [1.54, 1.807) is 6.07 Å². The van der Waals surface area contributed by atoms with Crippen molar-refractivity contribution in [3.63, 3.8) is 0 Å². The zero-order valence-electron chi connectivity index (χ0n) is 14.1. The Kier molecular flexibility index (Phi) is 4.15. The van der Waals surface area contributed by atoms with E-state index in [2.05, 4.69) is 22.0 Å². The van der Waals surface area contributed by atoms with Crippen molar-refractivity contribution in [3.05, 3.63) is 53.1 Å². The molecule has 1 unspecified atom stereocenters. The number of nitriles is 1. The molecule has 2 heterocycles. The van der Waals surface area contributed by atoms with Crippen LogP contribution in [0, 0.1) is 17.2 Å². The van der Waals surface area contributed by atoms with Crippen molar-refractivity contribution >= 4 is 17.5 Å². The summed E-state index contributed by atoms with van der Waals surface area (Å²) in [5.74, 6) is -0.593. The van der Waals surface area contributed by atoms with Gasteiger partial charge in [-0.15, -0.1) is 0 Å². The summed E-state index contributed by atoms with van der Waals surface area (Å²) in [6, 6.07) is 13.6. The zero-order valence-corrected chi connectivity index (χ0v) is 14.1. The van der Waals surface area contributed by atoms with Crippen molar-refractivity contribution in [1.29, 1.82) is 5.26 Å². The molecule has 6 nitrogen and oxygen atoms in total. The lowest BCUT2D eigenvalue weighted by atomic mass is 9.93. The van der Waals surface area contributed by atoms with Gasteiger partial charge < -0.3 is 16.0 Å². The van der Waals surface area contributed by atoms with Crippen LogP contribution in [0.25, 0.3) is 11.1 Å². The van der Waals surface area contributed by atoms with Crippen LogP contribution in [0.3, 0.4) is 0 Å². The lowest BCUT2D eigenvalue weighted by molar-refractivity contribution is -0.123. The predicted octanol–water partition coefficient (Wildman–Crippen LogP) is 1.90. The fraction of sp³-hybridized carbons (Fsp3) is 0.250. The number of hydrogen-bond donors (Lipinski definition) is 3. The number of carbonyl (C=O) groups is 2. The van der Waals surface area contributed by atoms with Crippen LogP contribution in [0.1, 0.15) is 23.1 Å². The van der Waals surface area contributed by atoms with Crippen molar-refractivity contribution < 1.29 is 9.59 Å². The molecule has 0 aromatic heterocycles. The second-order valence-electron chi connectivity index (χ2n) is 6.62. The predicted molar refractivity (Wildman–Crippen MR) is 96.9 cm³/mol. The summed E-state index contributed by atoms with van der Waals surface area (Å²) in [4.78, 5) is 23.8. The SMILES string of the molecule is N#Cc1ccccc1-c1cc(NC(=O)C2CNC(=O)C2)cc2c1CNC2. The molecule has 2 aliphatic heterocycles. The summed E-state index contributed by atoms with van der Waals surface area (Å²) in [5.41, 5.74) is 5.40. The molecule has 3 N–H and O–H groups in total. The van der Waals surface area contributed by atoms with E-state index in [0.717, 1.165) is 35.3 Å². The van der Waals surface area contributed by atoms with Gasteiger partial charge in [-0.05, 0) is 40.5 Å². The van der Waals surface area contributed by atoms with Crippen LogP contribution in [-0.4, -0.2) is 18.4 Å². The van der Waals surface area contributed by atoms with Crippen LogP contribution < -0.4 is 16.0 Å². The molecule has 0 bridgehead atoms. The smallest absolute Gasteiger partial charge is 0.229 e. The summed E-state index contributed by atoms with van der Waals surface area (Å²) >= 11 is 0. The van der Waals surface area contributed by atoms with Gasteiger partial charge in [-0.1, -0.05) is 18.2 Å². The van der Waals surface area contributed by atoms with Gasteiger partial charge in [0.1, 0.15) is 0 Å². The van der Waals surface area contributed by atoms with Gasteiger partial charge in [-0.3, -0.25) is 9.59 Å². The summed E-state index contributed by atoms with van der Waals surface area (Å²) in [6.07, 6.45) is 0.225. The molecule has 0 radical (unpaired) electrons. The molecule has 2 aromatic rings. The molecule has 1 atom stereocenters. The highest BCUT2D eigenvalue weighted by atomic mass is 16.2. The number of rotatable bonds is 3. The third kappa shape index (κ3) is 2.93. The average molecular weight is 346 g/mol. The quantitative estimate of drug-likeness (QED) is 0.791. The van der Waals surface area contributed by atoms with Gasteiger partial charge in [0.05, 0.1) is 17.6 Å². The monoisotopic (exact) mass is 346 g/mol. The topological polar surface area (TPSA) is 94.0 Å². The fourth-order valence-electron chi connectivity index (χ4n) is 3.58. The van der Waals surface area contributed by atoms with Gasteiger partial charge in [0.15, 0.2) is 0 Å². The molecule has 26 heavy (non-hydrogen) atoms. The third-order valence-corrected chi connectivity index (χ3v) is 4.91. The standard InChI is InChI=1S/C20H18N4O2/c21-8-12-3-1-2-4-16(12)17-7-15(5-13-9-22-11-18(13)17)24-20(26)14-6-19(25)23-10-14/h1-5,7,14,22H,6,9-11H2,(H,23,25)(H,24,26). The minimum atomic E-state index is -0.344. The molecular weight excluding hydrogens is 328 g/mol. The van der Waals surface area contributed by atoms with E-state index >= 15 is 0 Å². The Bertz CT molecular complexity index is 945. The number of amides is 2. The Morgan fingerprint density at radius 3 is 2.81 bits per heavy atom. The Hall–Kier alpha value is -3.17. The maximum atomic E-state index is 12.5. The number of anilines is 1. The molecule has 4 rings (SSSR count). The van der Waals surface area contributed by atoms with E-state index in [9.17, 15) is 14.9 Å². The minimum absolute atomic E-state index is 0.0908. The average Bonchev–Trinajstić information content (AvgIpc) is 3.29. The van der Waals surface area contributed by atoms with E-state index in [1.165, 1.54) is 0 Å². The molecule has 2 aromatic carbocycles. The molecule has 130 valence electrons.